The number of hydrogen-bond acceptors (Lipinski definition) is 5. The van der Waals surface area contributed by atoms with Gasteiger partial charge in [0.1, 0.15) is 6.17 Å². The number of para-hydroxylation sites is 1. The number of hydrogen-bond donors (Lipinski definition) is 1. The van der Waals surface area contributed by atoms with E-state index in [1.165, 1.54) is 30.6 Å². The molecule has 1 amide bonds. The fourth-order valence-electron chi connectivity index (χ4n) is 7.40. The molecule has 3 heterocycles. The minimum atomic E-state index is -5.07. The summed E-state index contributed by atoms with van der Waals surface area (Å²) >= 11 is 0. The van der Waals surface area contributed by atoms with E-state index in [-0.39, 0.29) is 25.7 Å². The van der Waals surface area contributed by atoms with E-state index in [0.717, 1.165) is 35.8 Å². The van der Waals surface area contributed by atoms with Gasteiger partial charge in [-0.25, -0.2) is 0 Å². The van der Waals surface area contributed by atoms with Crippen LogP contribution in [0.25, 0.3) is 10.9 Å². The number of benzene rings is 2. The summed E-state index contributed by atoms with van der Waals surface area (Å²) in [5, 5.41) is 0.903. The second-order valence-electron chi connectivity index (χ2n) is 12.6. The van der Waals surface area contributed by atoms with Gasteiger partial charge in [0.2, 0.25) is 0 Å². The van der Waals surface area contributed by atoms with Crippen LogP contribution in [0, 0.1) is 0 Å². The highest BCUT2D eigenvalue weighted by atomic mass is 19.4. The zero-order chi connectivity index (χ0) is 32.6. The number of aldehydes is 1. The highest BCUT2D eigenvalue weighted by molar-refractivity contribution is 5.95. The van der Waals surface area contributed by atoms with E-state index in [0.29, 0.717) is 37.7 Å². The van der Waals surface area contributed by atoms with Crippen LogP contribution in [0.15, 0.2) is 48.7 Å². The molecule has 0 spiro atoms. The van der Waals surface area contributed by atoms with Gasteiger partial charge in [-0.2, -0.15) is 26.3 Å². The van der Waals surface area contributed by atoms with Gasteiger partial charge in [-0.1, -0.05) is 31.0 Å². The van der Waals surface area contributed by atoms with E-state index in [1.807, 2.05) is 29.2 Å². The van der Waals surface area contributed by atoms with Crippen molar-refractivity contribution >= 4 is 23.1 Å². The third-order valence-electron chi connectivity index (χ3n) is 9.80. The van der Waals surface area contributed by atoms with Gasteiger partial charge in [0.25, 0.3) is 5.91 Å². The Balaban J connectivity index is 1.27. The number of piperazine rings is 2. The van der Waals surface area contributed by atoms with Gasteiger partial charge in [0.05, 0.1) is 11.1 Å². The first-order chi connectivity index (χ1) is 21.9. The Kier molecular flexibility index (Phi) is 9.19. The van der Waals surface area contributed by atoms with Crippen molar-refractivity contribution < 1.29 is 35.9 Å². The molecule has 1 unspecified atom stereocenters. The van der Waals surface area contributed by atoms with Crippen LogP contribution in [0.1, 0.15) is 52.7 Å². The standard InChI is InChI=1S/C33H37F6N5O2/c34-32(35,36)24-15-22(16-25(18-24)33(37,38)39)31(46)44-14-13-43(20-27(44)17-23-19-40-29-8-4-3-7-28(23)29)30(21-45)42-11-9-41(10-12-42)26-5-1-2-6-26/h3-4,7-8,15-16,18-19,21,26-27,30,40H,1-2,5-6,9-14,17,20H2/t27-,30?/m1/s1. The van der Waals surface area contributed by atoms with Crippen LogP contribution in [-0.2, 0) is 23.6 Å². The Bertz CT molecular complexity index is 1510. The highest BCUT2D eigenvalue weighted by Gasteiger charge is 2.41. The number of aromatic amines is 1. The maximum Gasteiger partial charge on any atom is 0.416 e. The topological polar surface area (TPSA) is 62.9 Å². The van der Waals surface area contributed by atoms with Crippen LogP contribution in [0.3, 0.4) is 0 Å². The summed E-state index contributed by atoms with van der Waals surface area (Å²) in [4.78, 5) is 37.6. The molecule has 2 atom stereocenters. The Labute approximate surface area is 263 Å². The van der Waals surface area contributed by atoms with Gasteiger partial charge in [0.15, 0.2) is 6.29 Å². The summed E-state index contributed by atoms with van der Waals surface area (Å²) < 4.78 is 81.9. The number of carbonyl (C=O) groups is 2. The minimum absolute atomic E-state index is 0.0271. The molecular formula is C33H37F6N5O2. The normalized spacial score (nSPS) is 22.0. The average molecular weight is 650 g/mol. The second kappa shape index (κ2) is 13.0. The largest absolute Gasteiger partial charge is 0.416 e. The van der Waals surface area contributed by atoms with Crippen LogP contribution in [0.2, 0.25) is 0 Å². The maximum atomic E-state index is 13.8. The molecule has 2 saturated heterocycles. The predicted molar refractivity (Wildman–Crippen MR) is 160 cm³/mol. The van der Waals surface area contributed by atoms with E-state index < -0.39 is 47.2 Å². The molecule has 0 radical (unpaired) electrons. The van der Waals surface area contributed by atoms with Crippen molar-refractivity contribution in [1.29, 1.82) is 0 Å². The van der Waals surface area contributed by atoms with E-state index in [2.05, 4.69) is 14.8 Å². The Morgan fingerprint density at radius 2 is 1.50 bits per heavy atom. The molecule has 6 rings (SSSR count). The number of nitrogens with zero attached hydrogens (tertiary/aromatic N) is 4. The third kappa shape index (κ3) is 6.82. The molecule has 46 heavy (non-hydrogen) atoms. The summed E-state index contributed by atoms with van der Waals surface area (Å²) in [6, 6.07) is 8.51. The Morgan fingerprint density at radius 1 is 0.870 bits per heavy atom. The first-order valence-electron chi connectivity index (χ1n) is 15.8. The first kappa shape index (κ1) is 32.5. The smallest absolute Gasteiger partial charge is 0.361 e. The number of aromatic nitrogens is 1. The quantitative estimate of drug-likeness (QED) is 0.265. The number of fused-ring (bicyclic) bond motifs is 1. The lowest BCUT2D eigenvalue weighted by Crippen LogP contribution is -2.64. The molecule has 2 aliphatic heterocycles. The summed E-state index contributed by atoms with van der Waals surface area (Å²) in [5.74, 6) is -0.908. The van der Waals surface area contributed by atoms with Crippen molar-refractivity contribution in [1.82, 2.24) is 24.6 Å². The molecule has 7 nitrogen and oxygen atoms in total. The van der Waals surface area contributed by atoms with Gasteiger partial charge in [-0.05, 0) is 49.1 Å². The lowest BCUT2D eigenvalue weighted by molar-refractivity contribution is -0.143. The zero-order valence-electron chi connectivity index (χ0n) is 25.3. The Morgan fingerprint density at radius 3 is 2.13 bits per heavy atom. The van der Waals surface area contributed by atoms with Gasteiger partial charge in [0, 0.05) is 80.6 Å². The fraction of sp³-hybridized carbons (Fsp3) is 0.515. The molecule has 3 fully saturated rings. The SMILES string of the molecule is O=CC(N1CCN(C2CCCC2)CC1)N1CCN(C(=O)c2cc(C(F)(F)F)cc(C(F)(F)F)c2)[C@H](Cc2c[nH]c3ccccc23)C1. The van der Waals surface area contributed by atoms with Crippen LogP contribution in [0.5, 0.6) is 0 Å². The van der Waals surface area contributed by atoms with E-state index in [9.17, 15) is 35.9 Å². The minimum Gasteiger partial charge on any atom is -0.361 e. The van der Waals surface area contributed by atoms with Gasteiger partial charge in [-0.3, -0.25) is 19.5 Å². The molecule has 0 bridgehead atoms. The Hall–Kier alpha value is -3.42. The molecular weight excluding hydrogens is 612 g/mol. The number of carbonyl (C=O) groups excluding carboxylic acids is 2. The summed E-state index contributed by atoms with van der Waals surface area (Å²) in [6.07, 6.45) is -2.85. The number of halogens is 6. The van der Waals surface area contributed by atoms with Gasteiger partial charge >= 0.3 is 12.4 Å². The monoisotopic (exact) mass is 649 g/mol. The molecule has 1 saturated carbocycles. The van der Waals surface area contributed by atoms with Crippen LogP contribution in [-0.4, -0.2) is 101 Å². The third-order valence-corrected chi connectivity index (χ3v) is 9.80. The molecule has 1 aliphatic carbocycles. The summed E-state index contributed by atoms with van der Waals surface area (Å²) in [5.41, 5.74) is -2.02. The van der Waals surface area contributed by atoms with Crippen molar-refractivity contribution in [3.8, 4) is 0 Å². The number of rotatable bonds is 7. The molecule has 3 aliphatic rings. The fourth-order valence-corrected chi connectivity index (χ4v) is 7.40. The number of nitrogens with one attached hydrogen (secondary N) is 1. The molecule has 1 aromatic heterocycles. The molecule has 2 aromatic carbocycles. The summed E-state index contributed by atoms with van der Waals surface area (Å²) in [6.45, 7) is 3.62. The van der Waals surface area contributed by atoms with Crippen molar-refractivity contribution in [2.75, 3.05) is 45.8 Å². The predicted octanol–water partition coefficient (Wildman–Crippen LogP) is 5.66. The van der Waals surface area contributed by atoms with Gasteiger partial charge in [-0.15, -0.1) is 0 Å². The van der Waals surface area contributed by atoms with Crippen molar-refractivity contribution in [2.24, 2.45) is 0 Å². The van der Waals surface area contributed by atoms with Crippen LogP contribution in [0.4, 0.5) is 26.3 Å². The zero-order valence-corrected chi connectivity index (χ0v) is 25.3. The van der Waals surface area contributed by atoms with Crippen LogP contribution >= 0.6 is 0 Å². The van der Waals surface area contributed by atoms with Gasteiger partial charge < -0.3 is 14.7 Å². The second-order valence-corrected chi connectivity index (χ2v) is 12.6. The highest BCUT2D eigenvalue weighted by Crippen LogP contribution is 2.37. The lowest BCUT2D eigenvalue weighted by atomic mass is 9.98. The van der Waals surface area contributed by atoms with E-state index >= 15 is 0 Å². The molecule has 13 heteroatoms. The number of amides is 1. The summed E-state index contributed by atoms with van der Waals surface area (Å²) in [7, 11) is 0. The van der Waals surface area contributed by atoms with Crippen molar-refractivity contribution in [2.45, 2.75) is 62.7 Å². The average Bonchev–Trinajstić information content (AvgIpc) is 3.72. The van der Waals surface area contributed by atoms with E-state index in [4.69, 9.17) is 0 Å². The number of H-pyrrole nitrogens is 1. The van der Waals surface area contributed by atoms with Crippen molar-refractivity contribution in [3.05, 3.63) is 70.9 Å². The first-order valence-corrected chi connectivity index (χ1v) is 15.8. The molecule has 3 aromatic rings. The molecule has 248 valence electrons. The lowest BCUT2D eigenvalue weighted by Gasteiger charge is -2.48. The maximum absolute atomic E-state index is 13.8. The van der Waals surface area contributed by atoms with Crippen molar-refractivity contribution in [3.63, 3.8) is 0 Å². The molecule has 1 N–H and O–H groups in total. The van der Waals surface area contributed by atoms with Crippen LogP contribution < -0.4 is 0 Å². The van der Waals surface area contributed by atoms with E-state index in [1.54, 1.807) is 6.20 Å². The number of alkyl halides is 6.